The van der Waals surface area contributed by atoms with Crippen LogP contribution in [-0.4, -0.2) is 35.7 Å². The number of carboxylic acids is 1. The van der Waals surface area contributed by atoms with Crippen LogP contribution in [0.4, 0.5) is 13.2 Å². The number of ether oxygens (including phenoxy) is 1. The number of aliphatic carboxylic acids is 1. The van der Waals surface area contributed by atoms with Gasteiger partial charge in [-0.1, -0.05) is 11.6 Å². The Morgan fingerprint density at radius 3 is 2.46 bits per heavy atom. The maximum absolute atomic E-state index is 13.0. The average molecular weight is 392 g/mol. The number of carbonyl (C=O) groups is 2. The van der Waals surface area contributed by atoms with Gasteiger partial charge in [-0.05, 0) is 49.4 Å². The second-order valence-electron chi connectivity index (χ2n) is 6.72. The fourth-order valence-electron chi connectivity index (χ4n) is 3.18. The molecule has 1 amide bonds. The first kappa shape index (κ1) is 19.0. The normalized spacial score (nSPS) is 24.3. The van der Waals surface area contributed by atoms with E-state index >= 15 is 0 Å². The summed E-state index contributed by atoms with van der Waals surface area (Å²) < 4.78 is 44.0. The number of nitrogens with one attached hydrogen (secondary N) is 1. The van der Waals surface area contributed by atoms with Crippen LogP contribution >= 0.6 is 11.6 Å². The molecule has 1 saturated carbocycles. The van der Waals surface area contributed by atoms with Crippen LogP contribution in [0.15, 0.2) is 18.2 Å². The van der Waals surface area contributed by atoms with E-state index in [0.717, 1.165) is 12.1 Å². The van der Waals surface area contributed by atoms with Crippen LogP contribution in [0.5, 0.6) is 0 Å². The zero-order chi connectivity index (χ0) is 19.1. The molecule has 3 rings (SSSR count). The lowest BCUT2D eigenvalue weighted by Crippen LogP contribution is -2.39. The van der Waals surface area contributed by atoms with Gasteiger partial charge in [-0.3, -0.25) is 4.79 Å². The molecule has 2 fully saturated rings. The van der Waals surface area contributed by atoms with E-state index in [4.69, 9.17) is 21.4 Å². The molecule has 2 aliphatic rings. The minimum Gasteiger partial charge on any atom is -0.479 e. The summed E-state index contributed by atoms with van der Waals surface area (Å²) in [7, 11) is 0. The van der Waals surface area contributed by atoms with Crippen molar-refractivity contribution >= 4 is 23.5 Å². The van der Waals surface area contributed by atoms with Gasteiger partial charge in [-0.15, -0.1) is 0 Å². The zero-order valence-electron chi connectivity index (χ0n) is 13.6. The quantitative estimate of drug-likeness (QED) is 0.808. The standard InChI is InChI=1S/C17H17ClF3NO4/c18-11-2-1-9(17(19,20)21)7-10(11)16(5-6-16)8-22-14(23)12-3-4-13(26-12)15(24)25/h1-2,7,12-13H,3-6,8H2,(H,22,23)(H,24,25)/t12-,13+/m0/s1. The summed E-state index contributed by atoms with van der Waals surface area (Å²) in [5, 5.41) is 11.8. The number of carboxylic acid groups (broad SMARTS) is 1. The molecule has 1 aromatic rings. The fourth-order valence-corrected chi connectivity index (χ4v) is 3.50. The molecule has 1 heterocycles. The van der Waals surface area contributed by atoms with E-state index in [9.17, 15) is 22.8 Å². The van der Waals surface area contributed by atoms with Gasteiger partial charge in [0.2, 0.25) is 5.91 Å². The molecule has 9 heteroatoms. The van der Waals surface area contributed by atoms with Crippen molar-refractivity contribution in [2.24, 2.45) is 0 Å². The van der Waals surface area contributed by atoms with E-state index < -0.39 is 41.2 Å². The zero-order valence-corrected chi connectivity index (χ0v) is 14.4. The van der Waals surface area contributed by atoms with E-state index in [1.54, 1.807) is 0 Å². The molecule has 1 aliphatic heterocycles. The van der Waals surface area contributed by atoms with Gasteiger partial charge in [0.15, 0.2) is 6.10 Å². The molecule has 2 N–H and O–H groups in total. The number of rotatable bonds is 5. The molecule has 1 aromatic carbocycles. The Balaban J connectivity index is 1.67. The van der Waals surface area contributed by atoms with Crippen molar-refractivity contribution in [1.29, 1.82) is 0 Å². The third-order valence-electron chi connectivity index (χ3n) is 4.91. The topological polar surface area (TPSA) is 75.6 Å². The summed E-state index contributed by atoms with van der Waals surface area (Å²) in [5.74, 6) is -1.57. The highest BCUT2D eigenvalue weighted by atomic mass is 35.5. The Hall–Kier alpha value is -1.80. The van der Waals surface area contributed by atoms with Crippen LogP contribution in [-0.2, 0) is 25.9 Å². The predicted molar refractivity (Wildman–Crippen MR) is 85.9 cm³/mol. The van der Waals surface area contributed by atoms with E-state index in [1.165, 1.54) is 6.07 Å². The SMILES string of the molecule is O=C(NCC1(c2cc(C(F)(F)F)ccc2Cl)CC1)[C@@H]1CC[C@H](C(=O)O)O1. The molecule has 1 aliphatic carbocycles. The first-order chi connectivity index (χ1) is 12.1. The lowest BCUT2D eigenvalue weighted by Gasteiger charge is -2.21. The van der Waals surface area contributed by atoms with Gasteiger partial charge in [-0.25, -0.2) is 4.79 Å². The smallest absolute Gasteiger partial charge is 0.416 e. The largest absolute Gasteiger partial charge is 0.479 e. The van der Waals surface area contributed by atoms with Crippen molar-refractivity contribution in [3.05, 3.63) is 34.3 Å². The Morgan fingerprint density at radius 1 is 1.27 bits per heavy atom. The first-order valence-corrected chi connectivity index (χ1v) is 8.53. The van der Waals surface area contributed by atoms with Gasteiger partial charge in [0, 0.05) is 17.0 Å². The number of hydrogen-bond acceptors (Lipinski definition) is 3. The second-order valence-corrected chi connectivity index (χ2v) is 7.13. The van der Waals surface area contributed by atoms with Crippen molar-refractivity contribution in [1.82, 2.24) is 5.32 Å². The summed E-state index contributed by atoms with van der Waals surface area (Å²) in [5.41, 5.74) is -1.04. The molecule has 5 nitrogen and oxygen atoms in total. The predicted octanol–water partition coefficient (Wildman–Crippen LogP) is 3.14. The van der Waals surface area contributed by atoms with Crippen LogP contribution in [0.1, 0.15) is 36.8 Å². The summed E-state index contributed by atoms with van der Waals surface area (Å²) in [4.78, 5) is 23.1. The summed E-state index contributed by atoms with van der Waals surface area (Å²) in [6.07, 6.45) is -4.57. The van der Waals surface area contributed by atoms with Crippen LogP contribution < -0.4 is 5.32 Å². The molecule has 0 spiro atoms. The summed E-state index contributed by atoms with van der Waals surface area (Å²) >= 11 is 6.10. The molecule has 26 heavy (non-hydrogen) atoms. The molecule has 2 atom stereocenters. The Bertz CT molecular complexity index is 733. The maximum Gasteiger partial charge on any atom is 0.416 e. The second kappa shape index (κ2) is 6.74. The maximum atomic E-state index is 13.0. The first-order valence-electron chi connectivity index (χ1n) is 8.16. The molecule has 1 saturated heterocycles. The third kappa shape index (κ3) is 3.81. The molecule has 0 aromatic heterocycles. The van der Waals surface area contributed by atoms with E-state index in [1.807, 2.05) is 0 Å². The molecule has 0 unspecified atom stereocenters. The minimum atomic E-state index is -4.47. The number of alkyl halides is 3. The highest BCUT2D eigenvalue weighted by molar-refractivity contribution is 6.31. The van der Waals surface area contributed by atoms with Gasteiger partial charge >= 0.3 is 12.1 Å². The molecular weight excluding hydrogens is 375 g/mol. The van der Waals surface area contributed by atoms with Crippen LogP contribution in [0.25, 0.3) is 0 Å². The van der Waals surface area contributed by atoms with E-state index in [-0.39, 0.29) is 18.0 Å². The van der Waals surface area contributed by atoms with E-state index in [2.05, 4.69) is 5.32 Å². The number of hydrogen-bond donors (Lipinski definition) is 2. The minimum absolute atomic E-state index is 0.129. The number of carbonyl (C=O) groups excluding carboxylic acids is 1. The molecule has 142 valence electrons. The Morgan fingerprint density at radius 2 is 1.92 bits per heavy atom. The van der Waals surface area contributed by atoms with Crippen molar-refractivity contribution in [2.75, 3.05) is 6.54 Å². The third-order valence-corrected chi connectivity index (χ3v) is 5.24. The summed E-state index contributed by atoms with van der Waals surface area (Å²) in [6.45, 7) is 0.129. The highest BCUT2D eigenvalue weighted by Gasteiger charge is 2.47. The van der Waals surface area contributed by atoms with Crippen LogP contribution in [0.2, 0.25) is 5.02 Å². The number of halogens is 4. The molecular formula is C17H17ClF3NO4. The highest BCUT2D eigenvalue weighted by Crippen LogP contribution is 2.51. The molecule has 0 bridgehead atoms. The Kier molecular flexibility index (Phi) is 4.92. The van der Waals surface area contributed by atoms with Gasteiger partial charge in [0.1, 0.15) is 6.10 Å². The molecule has 0 radical (unpaired) electrons. The monoisotopic (exact) mass is 391 g/mol. The average Bonchev–Trinajstić information content (AvgIpc) is 3.17. The Labute approximate surface area is 152 Å². The van der Waals surface area contributed by atoms with Gasteiger partial charge in [0.25, 0.3) is 0 Å². The van der Waals surface area contributed by atoms with E-state index in [0.29, 0.717) is 24.8 Å². The lowest BCUT2D eigenvalue weighted by atomic mass is 9.93. The van der Waals surface area contributed by atoms with Gasteiger partial charge in [-0.2, -0.15) is 13.2 Å². The van der Waals surface area contributed by atoms with Gasteiger partial charge in [0.05, 0.1) is 5.56 Å². The van der Waals surface area contributed by atoms with Gasteiger partial charge < -0.3 is 15.2 Å². The van der Waals surface area contributed by atoms with Crippen molar-refractivity contribution in [3.8, 4) is 0 Å². The van der Waals surface area contributed by atoms with Crippen LogP contribution in [0.3, 0.4) is 0 Å². The summed E-state index contributed by atoms with van der Waals surface area (Å²) in [6, 6.07) is 3.19. The van der Waals surface area contributed by atoms with Crippen LogP contribution in [0, 0.1) is 0 Å². The number of benzene rings is 1. The fraction of sp³-hybridized carbons (Fsp3) is 0.529. The lowest BCUT2D eigenvalue weighted by molar-refractivity contribution is -0.151. The van der Waals surface area contributed by atoms with Crippen molar-refractivity contribution in [2.45, 2.75) is 49.5 Å². The van der Waals surface area contributed by atoms with Crippen molar-refractivity contribution < 1.29 is 32.6 Å². The van der Waals surface area contributed by atoms with Crippen molar-refractivity contribution in [3.63, 3.8) is 0 Å². The number of amides is 1.